The lowest BCUT2D eigenvalue weighted by Gasteiger charge is -1.95. The maximum absolute atomic E-state index is 12.7. The molecule has 0 fully saturated rings. The standard InChI is InChI=1S/C6H4BrFO2S/c7-11(9,10)6-4-2-1-3-5(6)8/h1-4H. The van der Waals surface area contributed by atoms with E-state index in [2.05, 4.69) is 14.8 Å². The van der Waals surface area contributed by atoms with E-state index in [0.29, 0.717) is 0 Å². The summed E-state index contributed by atoms with van der Waals surface area (Å²) in [5, 5.41) is 0. The Kier molecular flexibility index (Phi) is 2.29. The van der Waals surface area contributed by atoms with Crippen molar-refractivity contribution in [1.82, 2.24) is 0 Å². The lowest BCUT2D eigenvalue weighted by Crippen LogP contribution is -1.93. The van der Waals surface area contributed by atoms with Crippen molar-refractivity contribution in [2.45, 2.75) is 4.90 Å². The molecule has 60 valence electrons. The molecule has 0 saturated carbocycles. The van der Waals surface area contributed by atoms with Gasteiger partial charge in [0, 0.05) is 0 Å². The summed E-state index contributed by atoms with van der Waals surface area (Å²) in [6, 6.07) is 5.17. The van der Waals surface area contributed by atoms with E-state index >= 15 is 0 Å². The van der Waals surface area contributed by atoms with Crippen LogP contribution in [-0.2, 0) is 8.27 Å². The first-order valence-electron chi connectivity index (χ1n) is 2.71. The molecule has 0 unspecified atom stereocenters. The van der Waals surface area contributed by atoms with Gasteiger partial charge in [-0.25, -0.2) is 12.8 Å². The Bertz CT molecular complexity index is 361. The molecular weight excluding hydrogens is 235 g/mol. The Balaban J connectivity index is 3.37. The molecule has 1 rings (SSSR count). The Morgan fingerprint density at radius 3 is 2.18 bits per heavy atom. The number of rotatable bonds is 1. The normalized spacial score (nSPS) is 11.5. The fourth-order valence-corrected chi connectivity index (χ4v) is 1.97. The van der Waals surface area contributed by atoms with Crippen LogP contribution in [0.25, 0.3) is 0 Å². The van der Waals surface area contributed by atoms with Gasteiger partial charge in [-0.3, -0.25) is 0 Å². The fraction of sp³-hybridized carbons (Fsp3) is 0. The molecule has 11 heavy (non-hydrogen) atoms. The summed E-state index contributed by atoms with van der Waals surface area (Å²) in [5.41, 5.74) is 0. The molecule has 0 radical (unpaired) electrons. The minimum Gasteiger partial charge on any atom is -0.212 e. The van der Waals surface area contributed by atoms with E-state index < -0.39 is 14.1 Å². The summed E-state index contributed by atoms with van der Waals surface area (Å²) in [5.74, 6) is -0.746. The zero-order valence-electron chi connectivity index (χ0n) is 5.29. The van der Waals surface area contributed by atoms with Gasteiger partial charge in [-0.15, -0.1) is 0 Å². The summed E-state index contributed by atoms with van der Waals surface area (Å²) in [6.07, 6.45) is 0. The number of benzene rings is 1. The molecule has 0 amide bonds. The minimum absolute atomic E-state index is 0.333. The van der Waals surface area contributed by atoms with Crippen LogP contribution in [-0.4, -0.2) is 8.42 Å². The molecule has 0 atom stereocenters. The molecule has 0 bridgehead atoms. The van der Waals surface area contributed by atoms with Crippen LogP contribution in [0.1, 0.15) is 0 Å². The minimum atomic E-state index is -3.60. The topological polar surface area (TPSA) is 34.1 Å². The van der Waals surface area contributed by atoms with Gasteiger partial charge in [-0.2, -0.15) is 0 Å². The van der Waals surface area contributed by atoms with Crippen molar-refractivity contribution in [1.29, 1.82) is 0 Å². The second-order valence-electron chi connectivity index (χ2n) is 1.87. The molecule has 0 heterocycles. The largest absolute Gasteiger partial charge is 0.240 e. The summed E-state index contributed by atoms with van der Waals surface area (Å²) in [6.45, 7) is 0. The predicted molar refractivity (Wildman–Crippen MR) is 42.5 cm³/mol. The second kappa shape index (κ2) is 2.91. The van der Waals surface area contributed by atoms with E-state index in [0.717, 1.165) is 6.07 Å². The van der Waals surface area contributed by atoms with E-state index in [1.165, 1.54) is 18.2 Å². The smallest absolute Gasteiger partial charge is 0.212 e. The van der Waals surface area contributed by atoms with Crippen molar-refractivity contribution in [3.8, 4) is 0 Å². The molecule has 0 aliphatic carbocycles. The first-order chi connectivity index (χ1) is 5.02. The highest BCUT2D eigenvalue weighted by molar-refractivity contribution is 9.47. The molecule has 0 spiro atoms. The molecule has 1 aromatic carbocycles. The van der Waals surface area contributed by atoms with Crippen LogP contribution in [0.5, 0.6) is 0 Å². The molecule has 0 N–H and O–H groups in total. The van der Waals surface area contributed by atoms with E-state index in [4.69, 9.17) is 0 Å². The van der Waals surface area contributed by atoms with Crippen molar-refractivity contribution >= 4 is 23.1 Å². The van der Waals surface area contributed by atoms with Gasteiger partial charge in [0.2, 0.25) is 8.27 Å². The van der Waals surface area contributed by atoms with Crippen molar-refractivity contribution in [3.63, 3.8) is 0 Å². The van der Waals surface area contributed by atoms with Crippen LogP contribution < -0.4 is 0 Å². The van der Waals surface area contributed by atoms with Crippen LogP contribution in [0.15, 0.2) is 29.2 Å². The Morgan fingerprint density at radius 1 is 1.27 bits per heavy atom. The van der Waals surface area contributed by atoms with E-state index in [1.54, 1.807) is 0 Å². The highest BCUT2D eigenvalue weighted by Crippen LogP contribution is 2.19. The first kappa shape index (κ1) is 8.67. The zero-order chi connectivity index (χ0) is 8.48. The van der Waals surface area contributed by atoms with Gasteiger partial charge in [0.15, 0.2) is 0 Å². The third kappa shape index (κ3) is 2.00. The summed E-state index contributed by atoms with van der Waals surface area (Å²) < 4.78 is 34.1. The number of hydrogen-bond donors (Lipinski definition) is 0. The Morgan fingerprint density at radius 2 is 1.82 bits per heavy atom. The predicted octanol–water partition coefficient (Wildman–Crippen LogP) is 1.91. The molecular formula is C6H4BrFO2S. The summed E-state index contributed by atoms with van der Waals surface area (Å²) in [4.78, 5) is -0.333. The van der Waals surface area contributed by atoms with Gasteiger partial charge in [0.1, 0.15) is 10.7 Å². The van der Waals surface area contributed by atoms with Gasteiger partial charge < -0.3 is 0 Å². The zero-order valence-corrected chi connectivity index (χ0v) is 7.69. The van der Waals surface area contributed by atoms with E-state index in [-0.39, 0.29) is 4.90 Å². The molecule has 0 aromatic heterocycles. The fourth-order valence-electron chi connectivity index (χ4n) is 0.642. The quantitative estimate of drug-likeness (QED) is 0.701. The summed E-state index contributed by atoms with van der Waals surface area (Å²) in [7, 11) is -3.60. The molecule has 5 heteroatoms. The Hall–Kier alpha value is -0.420. The molecule has 1 aromatic rings. The van der Waals surface area contributed by atoms with Crippen LogP contribution in [0.2, 0.25) is 0 Å². The number of halogens is 2. The number of hydrogen-bond acceptors (Lipinski definition) is 2. The molecule has 0 aliphatic rings. The third-order valence-corrected chi connectivity index (χ3v) is 3.00. The highest BCUT2D eigenvalue weighted by atomic mass is 79.9. The van der Waals surface area contributed by atoms with E-state index in [1.807, 2.05) is 0 Å². The second-order valence-corrected chi connectivity index (χ2v) is 5.74. The van der Waals surface area contributed by atoms with Crippen LogP contribution in [0.4, 0.5) is 4.39 Å². The highest BCUT2D eigenvalue weighted by Gasteiger charge is 2.13. The van der Waals surface area contributed by atoms with Gasteiger partial charge in [0.25, 0.3) is 0 Å². The SMILES string of the molecule is O=S(=O)(Br)c1ccccc1F. The van der Waals surface area contributed by atoms with Gasteiger partial charge in [-0.05, 0) is 12.1 Å². The maximum Gasteiger partial charge on any atom is 0.240 e. The third-order valence-electron chi connectivity index (χ3n) is 1.10. The molecule has 0 saturated heterocycles. The van der Waals surface area contributed by atoms with Crippen molar-refractivity contribution in [3.05, 3.63) is 30.1 Å². The summed E-state index contributed by atoms with van der Waals surface area (Å²) >= 11 is 2.37. The molecule has 0 aliphatic heterocycles. The van der Waals surface area contributed by atoms with Gasteiger partial charge in [-0.1, -0.05) is 12.1 Å². The van der Waals surface area contributed by atoms with Gasteiger partial charge >= 0.3 is 0 Å². The average molecular weight is 239 g/mol. The van der Waals surface area contributed by atoms with Crippen LogP contribution >= 0.6 is 14.8 Å². The Labute approximate surface area is 71.2 Å². The van der Waals surface area contributed by atoms with Crippen molar-refractivity contribution < 1.29 is 12.8 Å². The van der Waals surface area contributed by atoms with Crippen LogP contribution in [0, 0.1) is 5.82 Å². The lowest BCUT2D eigenvalue weighted by molar-refractivity contribution is 0.577. The lowest BCUT2D eigenvalue weighted by atomic mass is 10.4. The van der Waals surface area contributed by atoms with Crippen LogP contribution in [0.3, 0.4) is 0 Å². The molecule has 2 nitrogen and oxygen atoms in total. The average Bonchev–Trinajstić information content (AvgIpc) is 1.86. The maximum atomic E-state index is 12.7. The van der Waals surface area contributed by atoms with Crippen molar-refractivity contribution in [2.24, 2.45) is 0 Å². The van der Waals surface area contributed by atoms with Gasteiger partial charge in [0.05, 0.1) is 14.8 Å². The van der Waals surface area contributed by atoms with E-state index in [9.17, 15) is 12.8 Å². The monoisotopic (exact) mass is 238 g/mol. The first-order valence-corrected chi connectivity index (χ1v) is 6.03. The van der Waals surface area contributed by atoms with Crippen molar-refractivity contribution in [2.75, 3.05) is 0 Å².